The smallest absolute Gasteiger partial charge is 0.0536 e. The van der Waals surface area contributed by atoms with Crippen LogP contribution in [0.15, 0.2) is 18.2 Å². The monoisotopic (exact) mass is 225 g/mol. The minimum absolute atomic E-state index is 0.487. The van der Waals surface area contributed by atoms with Crippen molar-refractivity contribution in [3.63, 3.8) is 0 Å². The molecule has 0 aromatic heterocycles. The van der Waals surface area contributed by atoms with Gasteiger partial charge in [0.25, 0.3) is 0 Å². The van der Waals surface area contributed by atoms with Gasteiger partial charge in [-0.3, -0.25) is 0 Å². The highest BCUT2D eigenvalue weighted by Crippen LogP contribution is 2.31. The highest BCUT2D eigenvalue weighted by molar-refractivity contribution is 6.31. The summed E-state index contributed by atoms with van der Waals surface area (Å²) >= 11 is 6.26. The zero-order chi connectivity index (χ0) is 10.7. The van der Waals surface area contributed by atoms with Crippen LogP contribution < -0.4 is 5.32 Å². The highest BCUT2D eigenvalue weighted by atomic mass is 35.5. The van der Waals surface area contributed by atoms with Crippen LogP contribution in [-0.4, -0.2) is 20.3 Å². The van der Waals surface area contributed by atoms with Crippen LogP contribution in [0, 0.1) is 0 Å². The minimum atomic E-state index is 0.487. The fraction of sp³-hybridized carbons (Fsp3) is 0.500. The highest BCUT2D eigenvalue weighted by Gasteiger charge is 2.19. The summed E-state index contributed by atoms with van der Waals surface area (Å²) in [6.45, 7) is 2.53. The summed E-state index contributed by atoms with van der Waals surface area (Å²) in [6, 6.07) is 6.32. The van der Waals surface area contributed by atoms with E-state index in [1.807, 2.05) is 13.1 Å². The summed E-state index contributed by atoms with van der Waals surface area (Å²) in [5, 5.41) is 3.99. The summed E-state index contributed by atoms with van der Waals surface area (Å²) in [6.07, 6.45) is 1.09. The Kier molecular flexibility index (Phi) is 3.62. The second-order valence-corrected chi connectivity index (χ2v) is 4.35. The molecule has 1 aliphatic heterocycles. The molecule has 0 amide bonds. The van der Waals surface area contributed by atoms with Crippen molar-refractivity contribution < 1.29 is 4.74 Å². The van der Waals surface area contributed by atoms with E-state index in [0.717, 1.165) is 31.2 Å². The van der Waals surface area contributed by atoms with Crippen molar-refractivity contribution in [2.24, 2.45) is 0 Å². The maximum atomic E-state index is 6.26. The minimum Gasteiger partial charge on any atom is -0.381 e. The molecule has 0 spiro atoms. The first-order chi connectivity index (χ1) is 7.31. The van der Waals surface area contributed by atoms with Crippen molar-refractivity contribution in [3.05, 3.63) is 34.3 Å². The van der Waals surface area contributed by atoms with Gasteiger partial charge in [0.05, 0.1) is 6.61 Å². The van der Waals surface area contributed by atoms with E-state index >= 15 is 0 Å². The van der Waals surface area contributed by atoms with Crippen molar-refractivity contribution in [1.29, 1.82) is 0 Å². The van der Waals surface area contributed by atoms with E-state index in [2.05, 4.69) is 17.4 Å². The van der Waals surface area contributed by atoms with Gasteiger partial charge < -0.3 is 10.1 Å². The van der Waals surface area contributed by atoms with E-state index in [0.29, 0.717) is 5.92 Å². The van der Waals surface area contributed by atoms with Gasteiger partial charge in [0.1, 0.15) is 0 Å². The molecule has 1 aromatic carbocycles. The summed E-state index contributed by atoms with van der Waals surface area (Å²) in [7, 11) is 1.94. The van der Waals surface area contributed by atoms with Gasteiger partial charge in [-0.05, 0) is 30.7 Å². The Morgan fingerprint density at radius 2 is 2.40 bits per heavy atom. The van der Waals surface area contributed by atoms with Crippen LogP contribution in [0.5, 0.6) is 0 Å². The summed E-state index contributed by atoms with van der Waals surface area (Å²) in [4.78, 5) is 0. The fourth-order valence-electron chi connectivity index (χ4n) is 2.00. The summed E-state index contributed by atoms with van der Waals surface area (Å²) < 4.78 is 5.37. The molecule has 2 rings (SSSR count). The molecule has 1 aromatic rings. The molecule has 0 radical (unpaired) electrons. The van der Waals surface area contributed by atoms with E-state index in [9.17, 15) is 0 Å². The topological polar surface area (TPSA) is 21.3 Å². The number of rotatable bonds is 3. The average molecular weight is 226 g/mol. The molecule has 1 saturated heterocycles. The molecule has 0 bridgehead atoms. The van der Waals surface area contributed by atoms with Gasteiger partial charge in [-0.15, -0.1) is 0 Å². The maximum Gasteiger partial charge on any atom is 0.0536 e. The Bertz CT molecular complexity index is 334. The number of halogens is 1. The van der Waals surface area contributed by atoms with Gasteiger partial charge in [-0.1, -0.05) is 23.7 Å². The summed E-state index contributed by atoms with van der Waals surface area (Å²) in [5.41, 5.74) is 2.46. The predicted octanol–water partition coefficient (Wildman–Crippen LogP) is 2.56. The number of nitrogens with one attached hydrogen (secondary N) is 1. The van der Waals surface area contributed by atoms with Gasteiger partial charge in [-0.2, -0.15) is 0 Å². The standard InChI is InChI=1S/C12H16ClNO/c1-14-7-9-2-3-11(12(13)6-9)10-4-5-15-8-10/h2-3,6,10,14H,4-5,7-8H2,1H3. The molecule has 1 unspecified atom stereocenters. The van der Waals surface area contributed by atoms with Crippen LogP contribution in [0.25, 0.3) is 0 Å². The first-order valence-corrected chi connectivity index (χ1v) is 5.69. The molecule has 1 aliphatic rings. The zero-order valence-corrected chi connectivity index (χ0v) is 9.68. The summed E-state index contributed by atoms with van der Waals surface area (Å²) in [5.74, 6) is 0.487. The molecule has 1 fully saturated rings. The Hall–Kier alpha value is -0.570. The van der Waals surface area contributed by atoms with E-state index in [1.54, 1.807) is 0 Å². The molecule has 3 heteroatoms. The molecule has 0 aliphatic carbocycles. The molecule has 1 heterocycles. The van der Waals surface area contributed by atoms with Crippen LogP contribution >= 0.6 is 11.6 Å². The van der Waals surface area contributed by atoms with Gasteiger partial charge in [0, 0.05) is 24.1 Å². The third-order valence-corrected chi connectivity index (χ3v) is 3.14. The quantitative estimate of drug-likeness (QED) is 0.854. The lowest BCUT2D eigenvalue weighted by atomic mass is 9.97. The van der Waals surface area contributed by atoms with E-state index in [1.165, 1.54) is 11.1 Å². The fourth-order valence-corrected chi connectivity index (χ4v) is 2.35. The lowest BCUT2D eigenvalue weighted by Crippen LogP contribution is -2.06. The Morgan fingerprint density at radius 3 is 3.00 bits per heavy atom. The van der Waals surface area contributed by atoms with Crippen molar-refractivity contribution in [2.75, 3.05) is 20.3 Å². The number of ether oxygens (including phenoxy) is 1. The molecule has 1 atom stereocenters. The predicted molar refractivity (Wildman–Crippen MR) is 62.4 cm³/mol. The molecule has 82 valence electrons. The van der Waals surface area contributed by atoms with Crippen LogP contribution in [0.3, 0.4) is 0 Å². The molecular weight excluding hydrogens is 210 g/mol. The first kappa shape index (κ1) is 10.9. The van der Waals surface area contributed by atoms with Gasteiger partial charge in [-0.25, -0.2) is 0 Å². The van der Waals surface area contributed by atoms with Gasteiger partial charge >= 0.3 is 0 Å². The normalized spacial score (nSPS) is 20.8. The molecule has 1 N–H and O–H groups in total. The van der Waals surface area contributed by atoms with E-state index in [4.69, 9.17) is 16.3 Å². The van der Waals surface area contributed by atoms with Crippen molar-refractivity contribution >= 4 is 11.6 Å². The third-order valence-electron chi connectivity index (χ3n) is 2.82. The Morgan fingerprint density at radius 1 is 1.53 bits per heavy atom. The molecule has 2 nitrogen and oxygen atoms in total. The average Bonchev–Trinajstić information content (AvgIpc) is 2.71. The number of benzene rings is 1. The van der Waals surface area contributed by atoms with Crippen LogP contribution in [0.4, 0.5) is 0 Å². The van der Waals surface area contributed by atoms with E-state index < -0.39 is 0 Å². The second-order valence-electron chi connectivity index (χ2n) is 3.95. The second kappa shape index (κ2) is 4.97. The number of hydrogen-bond acceptors (Lipinski definition) is 2. The van der Waals surface area contributed by atoms with E-state index in [-0.39, 0.29) is 0 Å². The van der Waals surface area contributed by atoms with Gasteiger partial charge in [0.15, 0.2) is 0 Å². The van der Waals surface area contributed by atoms with Gasteiger partial charge in [0.2, 0.25) is 0 Å². The van der Waals surface area contributed by atoms with Crippen LogP contribution in [-0.2, 0) is 11.3 Å². The lowest BCUT2D eigenvalue weighted by Gasteiger charge is -2.11. The Labute approximate surface area is 95.6 Å². The molecular formula is C12H16ClNO. The maximum absolute atomic E-state index is 6.26. The van der Waals surface area contributed by atoms with Crippen LogP contribution in [0.2, 0.25) is 5.02 Å². The Balaban J connectivity index is 2.18. The lowest BCUT2D eigenvalue weighted by molar-refractivity contribution is 0.194. The SMILES string of the molecule is CNCc1ccc(C2CCOC2)c(Cl)c1. The van der Waals surface area contributed by atoms with Crippen molar-refractivity contribution in [3.8, 4) is 0 Å². The first-order valence-electron chi connectivity index (χ1n) is 5.32. The zero-order valence-electron chi connectivity index (χ0n) is 8.92. The van der Waals surface area contributed by atoms with Crippen molar-refractivity contribution in [1.82, 2.24) is 5.32 Å². The third kappa shape index (κ3) is 2.51. The van der Waals surface area contributed by atoms with Crippen LogP contribution in [0.1, 0.15) is 23.5 Å². The molecule has 0 saturated carbocycles. The van der Waals surface area contributed by atoms with Crippen molar-refractivity contribution in [2.45, 2.75) is 18.9 Å². The molecule has 15 heavy (non-hydrogen) atoms. The number of hydrogen-bond donors (Lipinski definition) is 1. The largest absolute Gasteiger partial charge is 0.381 e.